The van der Waals surface area contributed by atoms with Gasteiger partial charge in [-0.05, 0) is 14.0 Å². The maximum atomic E-state index is 5.37. The second-order valence-electron chi connectivity index (χ2n) is 2.45. The molecule has 2 heteroatoms. The van der Waals surface area contributed by atoms with E-state index in [-0.39, 0.29) is 6.23 Å². The molecule has 0 aromatic heterocycles. The van der Waals surface area contributed by atoms with Gasteiger partial charge in [0.25, 0.3) is 0 Å². The second kappa shape index (κ2) is 6.13. The van der Waals surface area contributed by atoms with Crippen molar-refractivity contribution in [2.45, 2.75) is 13.2 Å². The van der Waals surface area contributed by atoms with Gasteiger partial charge in [-0.25, -0.2) is 0 Å². The first kappa shape index (κ1) is 10.4. The lowest BCUT2D eigenvalue weighted by molar-refractivity contribution is -0.0157. The molecule has 64 valence electrons. The first-order valence-corrected chi connectivity index (χ1v) is 3.76. The third-order valence-corrected chi connectivity index (χ3v) is 1.49. The van der Waals surface area contributed by atoms with E-state index in [1.54, 1.807) is 6.08 Å². The molecule has 0 N–H and O–H groups in total. The standard InChI is InChI=1S/C9H17NO/c1-5-7-10(4)9(3)11-8-6-2/h5-6,9H,1-2,7-8H2,3-4H3. The fourth-order valence-corrected chi connectivity index (χ4v) is 0.687. The predicted molar refractivity (Wildman–Crippen MR) is 48.4 cm³/mol. The Labute approximate surface area is 69.2 Å². The van der Waals surface area contributed by atoms with E-state index in [4.69, 9.17) is 4.74 Å². The summed E-state index contributed by atoms with van der Waals surface area (Å²) in [7, 11) is 2.00. The summed E-state index contributed by atoms with van der Waals surface area (Å²) in [5.74, 6) is 0. The Balaban J connectivity index is 3.53. The molecule has 0 heterocycles. The van der Waals surface area contributed by atoms with Gasteiger partial charge in [-0.3, -0.25) is 4.90 Å². The van der Waals surface area contributed by atoms with E-state index in [9.17, 15) is 0 Å². The Morgan fingerprint density at radius 1 is 1.45 bits per heavy atom. The highest BCUT2D eigenvalue weighted by Gasteiger charge is 2.05. The molecule has 0 aromatic rings. The van der Waals surface area contributed by atoms with E-state index in [1.165, 1.54) is 0 Å². The lowest BCUT2D eigenvalue weighted by Gasteiger charge is -2.22. The Bertz CT molecular complexity index is 123. The molecule has 1 atom stereocenters. The van der Waals surface area contributed by atoms with Crippen LogP contribution in [0.5, 0.6) is 0 Å². The van der Waals surface area contributed by atoms with Crippen LogP contribution >= 0.6 is 0 Å². The van der Waals surface area contributed by atoms with Gasteiger partial charge in [0.2, 0.25) is 0 Å². The normalized spacial score (nSPS) is 13.0. The quantitative estimate of drug-likeness (QED) is 0.427. The Kier molecular flexibility index (Phi) is 5.80. The Morgan fingerprint density at radius 2 is 2.09 bits per heavy atom. The largest absolute Gasteiger partial charge is 0.359 e. The van der Waals surface area contributed by atoms with Crippen LogP contribution in [0.2, 0.25) is 0 Å². The van der Waals surface area contributed by atoms with Crippen molar-refractivity contribution in [3.8, 4) is 0 Å². The summed E-state index contributed by atoms with van der Waals surface area (Å²) >= 11 is 0. The van der Waals surface area contributed by atoms with Crippen molar-refractivity contribution < 1.29 is 4.74 Å². The van der Waals surface area contributed by atoms with Crippen molar-refractivity contribution in [3.05, 3.63) is 25.3 Å². The maximum absolute atomic E-state index is 5.37. The molecule has 0 amide bonds. The van der Waals surface area contributed by atoms with Crippen LogP contribution in [0.3, 0.4) is 0 Å². The molecule has 0 fully saturated rings. The van der Waals surface area contributed by atoms with Crippen LogP contribution in [0.15, 0.2) is 25.3 Å². The first-order chi connectivity index (χ1) is 5.22. The maximum Gasteiger partial charge on any atom is 0.108 e. The number of nitrogens with zero attached hydrogens (tertiary/aromatic N) is 1. The van der Waals surface area contributed by atoms with Crippen LogP contribution in [0.1, 0.15) is 6.92 Å². The molecule has 0 aliphatic rings. The summed E-state index contributed by atoms with van der Waals surface area (Å²) < 4.78 is 5.37. The smallest absolute Gasteiger partial charge is 0.108 e. The topological polar surface area (TPSA) is 12.5 Å². The van der Waals surface area contributed by atoms with Gasteiger partial charge in [-0.1, -0.05) is 12.2 Å². The summed E-state index contributed by atoms with van der Waals surface area (Å²) in [5, 5.41) is 0. The lowest BCUT2D eigenvalue weighted by atomic mass is 10.5. The molecular weight excluding hydrogens is 138 g/mol. The van der Waals surface area contributed by atoms with Gasteiger partial charge >= 0.3 is 0 Å². The van der Waals surface area contributed by atoms with E-state index >= 15 is 0 Å². The zero-order valence-electron chi connectivity index (χ0n) is 7.42. The lowest BCUT2D eigenvalue weighted by Crippen LogP contribution is -2.31. The second-order valence-corrected chi connectivity index (χ2v) is 2.45. The van der Waals surface area contributed by atoms with Gasteiger partial charge in [0.05, 0.1) is 6.61 Å². The molecular formula is C9H17NO. The van der Waals surface area contributed by atoms with E-state index < -0.39 is 0 Å². The number of ether oxygens (including phenoxy) is 1. The molecule has 0 spiro atoms. The van der Waals surface area contributed by atoms with Crippen molar-refractivity contribution in [2.24, 2.45) is 0 Å². The van der Waals surface area contributed by atoms with Crippen LogP contribution in [-0.2, 0) is 4.74 Å². The summed E-state index contributed by atoms with van der Waals surface area (Å²) in [6, 6.07) is 0. The van der Waals surface area contributed by atoms with Crippen molar-refractivity contribution in [1.29, 1.82) is 0 Å². The summed E-state index contributed by atoms with van der Waals surface area (Å²) in [6.07, 6.45) is 3.73. The van der Waals surface area contributed by atoms with E-state index in [2.05, 4.69) is 18.1 Å². The average Bonchev–Trinajstić information content (AvgIpc) is 2.00. The third kappa shape index (κ3) is 4.76. The molecule has 0 saturated carbocycles. The highest BCUT2D eigenvalue weighted by molar-refractivity contribution is 4.72. The number of likely N-dealkylation sites (N-methyl/N-ethyl adjacent to an activating group) is 1. The van der Waals surface area contributed by atoms with Crippen LogP contribution in [0.25, 0.3) is 0 Å². The highest BCUT2D eigenvalue weighted by Crippen LogP contribution is 1.96. The Morgan fingerprint density at radius 3 is 2.55 bits per heavy atom. The molecule has 1 unspecified atom stereocenters. The minimum absolute atomic E-state index is 0.131. The van der Waals surface area contributed by atoms with Gasteiger partial charge in [0.15, 0.2) is 0 Å². The molecule has 2 nitrogen and oxygen atoms in total. The molecule has 11 heavy (non-hydrogen) atoms. The SMILES string of the molecule is C=CCOC(C)N(C)CC=C. The summed E-state index contributed by atoms with van der Waals surface area (Å²) in [5.41, 5.74) is 0. The first-order valence-electron chi connectivity index (χ1n) is 3.76. The highest BCUT2D eigenvalue weighted by atomic mass is 16.5. The van der Waals surface area contributed by atoms with Gasteiger partial charge in [-0.15, -0.1) is 13.2 Å². The fraction of sp³-hybridized carbons (Fsp3) is 0.556. The van der Waals surface area contributed by atoms with Gasteiger partial charge < -0.3 is 4.74 Å². The number of hydrogen-bond acceptors (Lipinski definition) is 2. The molecule has 0 aliphatic carbocycles. The summed E-state index contributed by atoms with van der Waals surface area (Å²) in [6.45, 7) is 10.7. The van der Waals surface area contributed by atoms with Crippen LogP contribution in [0, 0.1) is 0 Å². The van der Waals surface area contributed by atoms with Crippen LogP contribution < -0.4 is 0 Å². The monoisotopic (exact) mass is 155 g/mol. The van der Waals surface area contributed by atoms with Crippen molar-refractivity contribution >= 4 is 0 Å². The van der Waals surface area contributed by atoms with Gasteiger partial charge in [0.1, 0.15) is 6.23 Å². The molecule has 0 bridgehead atoms. The summed E-state index contributed by atoms with van der Waals surface area (Å²) in [4.78, 5) is 2.07. The fourth-order valence-electron chi connectivity index (χ4n) is 0.687. The number of hydrogen-bond donors (Lipinski definition) is 0. The van der Waals surface area contributed by atoms with Crippen molar-refractivity contribution in [2.75, 3.05) is 20.2 Å². The van der Waals surface area contributed by atoms with Gasteiger partial charge in [-0.2, -0.15) is 0 Å². The molecule has 0 radical (unpaired) electrons. The van der Waals surface area contributed by atoms with E-state index in [1.807, 2.05) is 20.0 Å². The predicted octanol–water partition coefficient (Wildman–Crippen LogP) is 1.65. The average molecular weight is 155 g/mol. The zero-order valence-corrected chi connectivity index (χ0v) is 7.42. The van der Waals surface area contributed by atoms with Crippen molar-refractivity contribution in [1.82, 2.24) is 4.90 Å². The van der Waals surface area contributed by atoms with Crippen LogP contribution in [-0.4, -0.2) is 31.3 Å². The third-order valence-electron chi connectivity index (χ3n) is 1.49. The molecule has 0 aliphatic heterocycles. The molecule has 0 aromatic carbocycles. The molecule has 0 rings (SSSR count). The van der Waals surface area contributed by atoms with E-state index in [0.29, 0.717) is 6.61 Å². The zero-order chi connectivity index (χ0) is 8.69. The van der Waals surface area contributed by atoms with Gasteiger partial charge in [0, 0.05) is 6.54 Å². The van der Waals surface area contributed by atoms with Crippen molar-refractivity contribution in [3.63, 3.8) is 0 Å². The Hall–Kier alpha value is -0.600. The minimum Gasteiger partial charge on any atom is -0.359 e. The minimum atomic E-state index is 0.131. The number of rotatable bonds is 6. The van der Waals surface area contributed by atoms with E-state index in [0.717, 1.165) is 6.54 Å². The molecule has 0 saturated heterocycles. The van der Waals surface area contributed by atoms with Crippen LogP contribution in [0.4, 0.5) is 0 Å².